The maximum atomic E-state index is 12.3. The van der Waals surface area contributed by atoms with Gasteiger partial charge in [0.25, 0.3) is 5.91 Å². The van der Waals surface area contributed by atoms with E-state index in [-0.39, 0.29) is 12.5 Å². The van der Waals surface area contributed by atoms with E-state index in [1.807, 2.05) is 12.1 Å². The molecule has 0 saturated carbocycles. The molecule has 126 valence electrons. The molecule has 4 rings (SSSR count). The van der Waals surface area contributed by atoms with Gasteiger partial charge in [0.05, 0.1) is 4.47 Å². The van der Waals surface area contributed by atoms with Gasteiger partial charge in [0.2, 0.25) is 0 Å². The summed E-state index contributed by atoms with van der Waals surface area (Å²) < 4.78 is 6.30. The minimum atomic E-state index is -0.194. The van der Waals surface area contributed by atoms with E-state index in [4.69, 9.17) is 16.3 Å². The van der Waals surface area contributed by atoms with Crippen molar-refractivity contribution in [3.05, 3.63) is 69.2 Å². The van der Waals surface area contributed by atoms with E-state index in [1.54, 1.807) is 18.2 Å². The molecular weight excluding hydrogens is 402 g/mol. The molecular formula is C20H15BrClNO2. The minimum Gasteiger partial charge on any atom is -0.483 e. The SMILES string of the molecule is O=C(COc1ccc(Cl)cc1Br)Nc1ccc2c3c(cccc13)CC2. The Balaban J connectivity index is 1.51. The maximum absolute atomic E-state index is 12.3. The van der Waals surface area contributed by atoms with Gasteiger partial charge in [-0.3, -0.25) is 4.79 Å². The van der Waals surface area contributed by atoms with Crippen molar-refractivity contribution in [1.82, 2.24) is 0 Å². The second kappa shape index (κ2) is 6.70. The molecule has 1 N–H and O–H groups in total. The average Bonchev–Trinajstić information content (AvgIpc) is 3.01. The summed E-state index contributed by atoms with van der Waals surface area (Å²) in [7, 11) is 0. The Morgan fingerprint density at radius 3 is 2.72 bits per heavy atom. The van der Waals surface area contributed by atoms with Gasteiger partial charge >= 0.3 is 0 Å². The van der Waals surface area contributed by atoms with Crippen LogP contribution in [-0.4, -0.2) is 12.5 Å². The van der Waals surface area contributed by atoms with Crippen LogP contribution in [-0.2, 0) is 17.6 Å². The Bertz CT molecular complexity index is 977. The van der Waals surface area contributed by atoms with Crippen molar-refractivity contribution in [1.29, 1.82) is 0 Å². The molecule has 0 radical (unpaired) electrons. The first-order valence-electron chi connectivity index (χ1n) is 8.03. The third-order valence-corrected chi connectivity index (χ3v) is 5.26. The second-order valence-corrected chi connectivity index (χ2v) is 7.31. The van der Waals surface area contributed by atoms with Crippen molar-refractivity contribution in [2.75, 3.05) is 11.9 Å². The van der Waals surface area contributed by atoms with Crippen LogP contribution in [0.15, 0.2) is 53.0 Å². The highest BCUT2D eigenvalue weighted by Gasteiger charge is 2.16. The van der Waals surface area contributed by atoms with Crippen LogP contribution in [0.3, 0.4) is 0 Å². The van der Waals surface area contributed by atoms with Crippen LogP contribution in [0.2, 0.25) is 5.02 Å². The first kappa shape index (κ1) is 16.4. The number of benzene rings is 3. The number of carbonyl (C=O) groups excluding carboxylic acids is 1. The lowest BCUT2D eigenvalue weighted by molar-refractivity contribution is -0.118. The average molecular weight is 417 g/mol. The van der Waals surface area contributed by atoms with Crippen molar-refractivity contribution in [2.45, 2.75) is 12.8 Å². The van der Waals surface area contributed by atoms with Gasteiger partial charge in [0.15, 0.2) is 6.61 Å². The summed E-state index contributed by atoms with van der Waals surface area (Å²) in [5.41, 5.74) is 3.53. The first-order valence-corrected chi connectivity index (χ1v) is 9.20. The molecule has 0 unspecified atom stereocenters. The predicted octanol–water partition coefficient (Wildman–Crippen LogP) is 5.37. The van der Waals surface area contributed by atoms with Crippen LogP contribution in [0.25, 0.3) is 10.8 Å². The molecule has 0 aliphatic heterocycles. The van der Waals surface area contributed by atoms with Crippen molar-refractivity contribution in [3.8, 4) is 5.75 Å². The van der Waals surface area contributed by atoms with E-state index in [0.29, 0.717) is 10.8 Å². The standard InChI is InChI=1S/C20H15BrClNO2/c21-16-10-14(22)7-9-18(16)25-11-19(24)23-17-8-6-13-5-4-12-2-1-3-15(17)20(12)13/h1-3,6-10H,4-5,11H2,(H,23,24). The summed E-state index contributed by atoms with van der Waals surface area (Å²) >= 11 is 9.29. The number of nitrogens with one attached hydrogen (secondary N) is 1. The molecule has 1 amide bonds. The summed E-state index contributed by atoms with van der Waals surface area (Å²) in [6.45, 7) is -0.0663. The van der Waals surface area contributed by atoms with E-state index in [0.717, 1.165) is 28.4 Å². The van der Waals surface area contributed by atoms with Gasteiger partial charge in [-0.15, -0.1) is 0 Å². The van der Waals surface area contributed by atoms with Crippen LogP contribution in [0.1, 0.15) is 11.1 Å². The molecule has 0 spiro atoms. The topological polar surface area (TPSA) is 38.3 Å². The molecule has 3 nitrogen and oxygen atoms in total. The number of anilines is 1. The van der Waals surface area contributed by atoms with Gasteiger partial charge in [-0.25, -0.2) is 0 Å². The number of halogens is 2. The molecule has 25 heavy (non-hydrogen) atoms. The predicted molar refractivity (Wildman–Crippen MR) is 105 cm³/mol. The third-order valence-electron chi connectivity index (χ3n) is 4.40. The molecule has 0 heterocycles. The minimum absolute atomic E-state index is 0.0663. The molecule has 3 aromatic rings. The smallest absolute Gasteiger partial charge is 0.262 e. The zero-order valence-electron chi connectivity index (χ0n) is 13.3. The van der Waals surface area contributed by atoms with Crippen LogP contribution >= 0.6 is 27.5 Å². The molecule has 1 aliphatic rings. The Morgan fingerprint density at radius 2 is 1.92 bits per heavy atom. The maximum Gasteiger partial charge on any atom is 0.262 e. The molecule has 0 fully saturated rings. The highest BCUT2D eigenvalue weighted by Crippen LogP contribution is 2.35. The number of hydrogen-bond acceptors (Lipinski definition) is 2. The number of ether oxygens (including phenoxy) is 1. The number of amides is 1. The third kappa shape index (κ3) is 3.24. The molecule has 0 bridgehead atoms. The van der Waals surface area contributed by atoms with E-state index in [9.17, 15) is 4.79 Å². The zero-order valence-corrected chi connectivity index (χ0v) is 15.7. The van der Waals surface area contributed by atoms with Crippen LogP contribution < -0.4 is 10.1 Å². The van der Waals surface area contributed by atoms with Crippen molar-refractivity contribution in [3.63, 3.8) is 0 Å². The van der Waals surface area contributed by atoms with Gasteiger partial charge in [-0.2, -0.15) is 0 Å². The van der Waals surface area contributed by atoms with Gasteiger partial charge < -0.3 is 10.1 Å². The van der Waals surface area contributed by atoms with E-state index < -0.39 is 0 Å². The van der Waals surface area contributed by atoms with E-state index >= 15 is 0 Å². The fourth-order valence-electron chi connectivity index (χ4n) is 3.28. The lowest BCUT2D eigenvalue weighted by Crippen LogP contribution is -2.20. The highest BCUT2D eigenvalue weighted by atomic mass is 79.9. The van der Waals surface area contributed by atoms with Crippen LogP contribution in [0, 0.1) is 0 Å². The quantitative estimate of drug-likeness (QED) is 0.621. The number of carbonyl (C=O) groups is 1. The lowest BCUT2D eigenvalue weighted by atomic mass is 10.0. The molecule has 5 heteroatoms. The summed E-state index contributed by atoms with van der Waals surface area (Å²) in [5, 5.41) is 5.94. The van der Waals surface area contributed by atoms with Crippen molar-refractivity contribution in [2.24, 2.45) is 0 Å². The first-order chi connectivity index (χ1) is 12.1. The molecule has 0 aromatic heterocycles. The zero-order chi connectivity index (χ0) is 17.4. The molecule has 0 saturated heterocycles. The normalized spacial score (nSPS) is 12.4. The van der Waals surface area contributed by atoms with E-state index in [2.05, 4.69) is 39.4 Å². The van der Waals surface area contributed by atoms with Crippen molar-refractivity contribution >= 4 is 49.9 Å². The Hall–Kier alpha value is -2.04. The molecule has 3 aromatic carbocycles. The summed E-state index contributed by atoms with van der Waals surface area (Å²) in [4.78, 5) is 12.3. The van der Waals surface area contributed by atoms with Crippen LogP contribution in [0.4, 0.5) is 5.69 Å². The van der Waals surface area contributed by atoms with Gasteiger partial charge in [0.1, 0.15) is 5.75 Å². The fraction of sp³-hybridized carbons (Fsp3) is 0.150. The highest BCUT2D eigenvalue weighted by molar-refractivity contribution is 9.10. The Kier molecular flexibility index (Phi) is 4.40. The monoisotopic (exact) mass is 415 g/mol. The second-order valence-electron chi connectivity index (χ2n) is 6.02. The summed E-state index contributed by atoms with van der Waals surface area (Å²) in [5.74, 6) is 0.389. The van der Waals surface area contributed by atoms with Crippen LogP contribution in [0.5, 0.6) is 5.75 Å². The number of hydrogen-bond donors (Lipinski definition) is 1. The molecule has 0 atom stereocenters. The number of rotatable bonds is 4. The summed E-state index contributed by atoms with van der Waals surface area (Å²) in [6.07, 6.45) is 2.13. The van der Waals surface area contributed by atoms with Crippen molar-refractivity contribution < 1.29 is 9.53 Å². The van der Waals surface area contributed by atoms with E-state index in [1.165, 1.54) is 16.5 Å². The fourth-order valence-corrected chi connectivity index (χ4v) is 4.07. The Labute approximate surface area is 159 Å². The lowest BCUT2D eigenvalue weighted by Gasteiger charge is -2.12. The van der Waals surface area contributed by atoms with Gasteiger partial charge in [0, 0.05) is 16.1 Å². The van der Waals surface area contributed by atoms with Gasteiger partial charge in [-0.1, -0.05) is 35.9 Å². The molecule has 1 aliphatic carbocycles. The number of aryl methyl sites for hydroxylation is 2. The largest absolute Gasteiger partial charge is 0.483 e. The summed E-state index contributed by atoms with van der Waals surface area (Å²) in [6, 6.07) is 15.5. The Morgan fingerprint density at radius 1 is 1.12 bits per heavy atom. The van der Waals surface area contributed by atoms with Gasteiger partial charge in [-0.05, 0) is 69.6 Å².